The summed E-state index contributed by atoms with van der Waals surface area (Å²) in [6.07, 6.45) is 1.43. The van der Waals surface area contributed by atoms with Crippen molar-refractivity contribution in [3.63, 3.8) is 0 Å². The van der Waals surface area contributed by atoms with Crippen LogP contribution in [0.3, 0.4) is 0 Å². The Bertz CT molecular complexity index is 467. The molecule has 6 heteroatoms. The molecule has 0 atom stereocenters. The molecule has 1 aromatic rings. The topological polar surface area (TPSA) is 91.2 Å². The lowest BCUT2D eigenvalue weighted by molar-refractivity contribution is 0.0349. The molecule has 1 saturated heterocycles. The second kappa shape index (κ2) is 4.28. The summed E-state index contributed by atoms with van der Waals surface area (Å²) >= 11 is 0. The van der Waals surface area contributed by atoms with E-state index in [2.05, 4.69) is 10.00 Å². The number of anilines is 1. The van der Waals surface area contributed by atoms with Crippen LogP contribution in [0.15, 0.2) is 0 Å². The van der Waals surface area contributed by atoms with E-state index in [0.717, 1.165) is 24.6 Å². The van der Waals surface area contributed by atoms with E-state index < -0.39 is 5.60 Å². The minimum atomic E-state index is -0.583. The predicted molar refractivity (Wildman–Crippen MR) is 71.0 cm³/mol. The zero-order valence-electron chi connectivity index (χ0n) is 11.2. The first-order chi connectivity index (χ1) is 8.32. The molecule has 0 aliphatic carbocycles. The lowest BCUT2D eigenvalue weighted by Gasteiger charge is -2.37. The van der Waals surface area contributed by atoms with E-state index in [1.54, 1.807) is 4.68 Å². The average molecular weight is 251 g/mol. The van der Waals surface area contributed by atoms with Crippen LogP contribution in [0, 0.1) is 12.3 Å². The number of nitrogens with zero attached hydrogens (tertiary/aromatic N) is 3. The van der Waals surface area contributed by atoms with Crippen molar-refractivity contribution in [3.8, 4) is 0 Å². The van der Waals surface area contributed by atoms with E-state index >= 15 is 0 Å². The zero-order valence-corrected chi connectivity index (χ0v) is 11.2. The summed E-state index contributed by atoms with van der Waals surface area (Å²) in [4.78, 5) is 2.15. The van der Waals surface area contributed by atoms with Crippen LogP contribution >= 0.6 is 0 Å². The zero-order chi connectivity index (χ0) is 13.5. The van der Waals surface area contributed by atoms with Gasteiger partial charge < -0.3 is 15.7 Å². The molecule has 6 nitrogen and oxygen atoms in total. The number of rotatable bonds is 2. The second-order valence-electron chi connectivity index (χ2n) is 5.31. The molecule has 1 aromatic heterocycles. The van der Waals surface area contributed by atoms with E-state index in [-0.39, 0.29) is 5.84 Å². The maximum atomic E-state index is 9.98. The van der Waals surface area contributed by atoms with Crippen molar-refractivity contribution in [1.29, 1.82) is 5.41 Å². The Balaban J connectivity index is 2.32. The highest BCUT2D eigenvalue weighted by atomic mass is 16.3. The molecule has 18 heavy (non-hydrogen) atoms. The maximum absolute atomic E-state index is 9.98. The van der Waals surface area contributed by atoms with Crippen LogP contribution in [0.4, 0.5) is 5.82 Å². The molecule has 0 bridgehead atoms. The van der Waals surface area contributed by atoms with Gasteiger partial charge in [-0.3, -0.25) is 10.1 Å². The fourth-order valence-electron chi connectivity index (χ4n) is 2.52. The van der Waals surface area contributed by atoms with Crippen molar-refractivity contribution < 1.29 is 5.11 Å². The predicted octanol–water partition coefficient (Wildman–Crippen LogP) is 0.364. The van der Waals surface area contributed by atoms with Crippen molar-refractivity contribution in [2.75, 3.05) is 18.0 Å². The molecule has 1 aliphatic heterocycles. The molecule has 2 rings (SSSR count). The minimum Gasteiger partial charge on any atom is -0.390 e. The summed E-state index contributed by atoms with van der Waals surface area (Å²) in [5.41, 5.74) is 6.54. The first-order valence-electron chi connectivity index (χ1n) is 6.17. The number of aromatic nitrogens is 2. The number of piperidine rings is 1. The average Bonchev–Trinajstić information content (AvgIpc) is 2.54. The second-order valence-corrected chi connectivity index (χ2v) is 5.31. The molecule has 0 aromatic carbocycles. The van der Waals surface area contributed by atoms with Crippen molar-refractivity contribution in [2.24, 2.45) is 12.8 Å². The quantitative estimate of drug-likeness (QED) is 0.523. The van der Waals surface area contributed by atoms with E-state index in [1.807, 2.05) is 20.9 Å². The largest absolute Gasteiger partial charge is 0.390 e. The van der Waals surface area contributed by atoms with Gasteiger partial charge in [-0.15, -0.1) is 0 Å². The first kappa shape index (κ1) is 12.9. The Labute approximate surface area is 107 Å². The van der Waals surface area contributed by atoms with Crippen molar-refractivity contribution >= 4 is 11.7 Å². The Morgan fingerprint density at radius 2 is 2.00 bits per heavy atom. The van der Waals surface area contributed by atoms with Crippen molar-refractivity contribution in [2.45, 2.75) is 32.3 Å². The summed E-state index contributed by atoms with van der Waals surface area (Å²) in [6.45, 7) is 5.24. The summed E-state index contributed by atoms with van der Waals surface area (Å²) in [7, 11) is 1.86. The fraction of sp³-hybridized carbons (Fsp3) is 0.667. The summed E-state index contributed by atoms with van der Waals surface area (Å²) in [5, 5.41) is 22.0. The van der Waals surface area contributed by atoms with Gasteiger partial charge in [0, 0.05) is 20.1 Å². The van der Waals surface area contributed by atoms with Gasteiger partial charge in [0.25, 0.3) is 0 Å². The van der Waals surface area contributed by atoms with Crippen LogP contribution in [-0.4, -0.2) is 39.4 Å². The number of amidine groups is 1. The van der Waals surface area contributed by atoms with Crippen molar-refractivity contribution in [1.82, 2.24) is 9.78 Å². The summed E-state index contributed by atoms with van der Waals surface area (Å²) in [6, 6.07) is 0. The molecule has 1 aliphatic rings. The van der Waals surface area contributed by atoms with E-state index in [4.69, 9.17) is 11.1 Å². The van der Waals surface area contributed by atoms with Crippen LogP contribution in [-0.2, 0) is 7.05 Å². The molecule has 0 saturated carbocycles. The van der Waals surface area contributed by atoms with Gasteiger partial charge >= 0.3 is 0 Å². The Hall–Kier alpha value is -1.56. The highest BCUT2D eigenvalue weighted by molar-refractivity contribution is 6.00. The molecule has 0 unspecified atom stereocenters. The van der Waals surface area contributed by atoms with Crippen molar-refractivity contribution in [3.05, 3.63) is 11.3 Å². The highest BCUT2D eigenvalue weighted by Gasteiger charge is 2.30. The molecule has 0 radical (unpaired) electrons. The molecular formula is C12H21N5O. The molecule has 0 amide bonds. The third-order valence-electron chi connectivity index (χ3n) is 3.60. The van der Waals surface area contributed by atoms with E-state index in [9.17, 15) is 5.11 Å². The Morgan fingerprint density at radius 1 is 1.44 bits per heavy atom. The van der Waals surface area contributed by atoms with E-state index in [1.165, 1.54) is 0 Å². The summed E-state index contributed by atoms with van der Waals surface area (Å²) in [5.74, 6) is 0.934. The van der Waals surface area contributed by atoms with Gasteiger partial charge in [-0.05, 0) is 26.7 Å². The molecule has 0 spiro atoms. The molecular weight excluding hydrogens is 230 g/mol. The molecule has 1 fully saturated rings. The number of nitrogens with two attached hydrogens (primary N) is 1. The summed E-state index contributed by atoms with van der Waals surface area (Å²) < 4.78 is 1.77. The Morgan fingerprint density at radius 3 is 2.50 bits per heavy atom. The molecule has 2 heterocycles. The van der Waals surface area contributed by atoms with Gasteiger partial charge in [0.05, 0.1) is 16.9 Å². The van der Waals surface area contributed by atoms with Crippen LogP contribution in [0.2, 0.25) is 0 Å². The van der Waals surface area contributed by atoms with Crippen LogP contribution < -0.4 is 10.6 Å². The number of aliphatic hydroxyl groups is 1. The molecule has 4 N–H and O–H groups in total. The lowest BCUT2D eigenvalue weighted by Crippen LogP contribution is -2.43. The van der Waals surface area contributed by atoms with Gasteiger partial charge in [0.15, 0.2) is 0 Å². The van der Waals surface area contributed by atoms with Gasteiger partial charge in [-0.25, -0.2) is 0 Å². The third-order valence-corrected chi connectivity index (χ3v) is 3.60. The maximum Gasteiger partial charge on any atom is 0.137 e. The fourth-order valence-corrected chi connectivity index (χ4v) is 2.52. The number of nitrogen functional groups attached to an aromatic ring is 1. The van der Waals surface area contributed by atoms with Crippen LogP contribution in [0.1, 0.15) is 31.0 Å². The number of hydrogen-bond donors (Lipinski definition) is 3. The van der Waals surface area contributed by atoms with Gasteiger partial charge in [-0.2, -0.15) is 5.10 Å². The SMILES string of the molecule is Cc1nn(C)c(N2CCC(C)(O)CC2)c1C(=N)N. The Kier molecular flexibility index (Phi) is 3.06. The smallest absolute Gasteiger partial charge is 0.137 e. The molecule has 100 valence electrons. The monoisotopic (exact) mass is 251 g/mol. The normalized spacial score (nSPS) is 19.0. The third kappa shape index (κ3) is 2.20. The number of aryl methyl sites for hydroxylation is 2. The van der Waals surface area contributed by atoms with E-state index in [0.29, 0.717) is 18.4 Å². The van der Waals surface area contributed by atoms with Crippen LogP contribution in [0.5, 0.6) is 0 Å². The first-order valence-corrected chi connectivity index (χ1v) is 6.17. The van der Waals surface area contributed by atoms with Gasteiger partial charge in [0.2, 0.25) is 0 Å². The lowest BCUT2D eigenvalue weighted by atomic mass is 9.93. The number of hydrogen-bond acceptors (Lipinski definition) is 4. The number of nitrogens with one attached hydrogen (secondary N) is 1. The van der Waals surface area contributed by atoms with Crippen LogP contribution in [0.25, 0.3) is 0 Å². The van der Waals surface area contributed by atoms with Gasteiger partial charge in [-0.1, -0.05) is 0 Å². The standard InChI is InChI=1S/C12H21N5O/c1-8-9(10(13)14)11(16(3)15-8)17-6-4-12(2,18)5-7-17/h18H,4-7H2,1-3H3,(H3,13,14). The minimum absolute atomic E-state index is 0.0490. The highest BCUT2D eigenvalue weighted by Crippen LogP contribution is 2.29. The van der Waals surface area contributed by atoms with Gasteiger partial charge in [0.1, 0.15) is 11.7 Å².